The molecule has 2 rings (SSSR count). The van der Waals surface area contributed by atoms with Crippen LogP contribution in [-0.2, 0) is 17.8 Å². The summed E-state index contributed by atoms with van der Waals surface area (Å²) in [6.07, 6.45) is 4.23. The van der Waals surface area contributed by atoms with Crippen molar-refractivity contribution in [2.45, 2.75) is 19.4 Å². The zero-order chi connectivity index (χ0) is 13.7. The number of aromatic amines is 1. The summed E-state index contributed by atoms with van der Waals surface area (Å²) >= 11 is 11.9. The second kappa shape index (κ2) is 6.59. The molecule has 2 aromatic rings. The van der Waals surface area contributed by atoms with E-state index in [0.29, 0.717) is 29.4 Å². The molecule has 0 aliphatic carbocycles. The molecule has 1 heterocycles. The summed E-state index contributed by atoms with van der Waals surface area (Å²) in [5.41, 5.74) is 1.79. The monoisotopic (exact) mass is 297 g/mol. The molecule has 1 aromatic heterocycles. The number of nitrogens with one attached hydrogen (secondary N) is 2. The number of amides is 1. The highest BCUT2D eigenvalue weighted by atomic mass is 35.5. The number of carbonyl (C=O) groups excluding carboxylic acids is 1. The molecule has 0 unspecified atom stereocenters. The van der Waals surface area contributed by atoms with Crippen LogP contribution in [0.3, 0.4) is 0 Å². The number of H-pyrrole nitrogens is 1. The Hall–Kier alpha value is -1.52. The molecule has 4 nitrogen and oxygen atoms in total. The summed E-state index contributed by atoms with van der Waals surface area (Å²) in [5.74, 6) is -0.0272. The summed E-state index contributed by atoms with van der Waals surface area (Å²) < 4.78 is 0. The third-order valence-electron chi connectivity index (χ3n) is 2.67. The number of benzene rings is 1. The Bertz CT molecular complexity index is 555. The number of aromatic nitrogens is 2. The Balaban J connectivity index is 1.80. The van der Waals surface area contributed by atoms with Crippen LogP contribution in [-0.4, -0.2) is 15.9 Å². The van der Waals surface area contributed by atoms with E-state index < -0.39 is 0 Å². The van der Waals surface area contributed by atoms with Crippen LogP contribution in [0.15, 0.2) is 30.7 Å². The summed E-state index contributed by atoms with van der Waals surface area (Å²) in [5, 5.41) is 3.99. The van der Waals surface area contributed by atoms with Gasteiger partial charge in [0.2, 0.25) is 5.91 Å². The molecule has 1 aromatic carbocycles. The minimum atomic E-state index is -0.0272. The molecule has 0 aliphatic rings. The SMILES string of the molecule is O=C(CCc1ccc(Cl)cc1Cl)NCc1cnc[nH]1. The van der Waals surface area contributed by atoms with Crippen molar-refractivity contribution in [1.82, 2.24) is 15.3 Å². The van der Waals surface area contributed by atoms with E-state index in [2.05, 4.69) is 15.3 Å². The van der Waals surface area contributed by atoms with Crippen molar-refractivity contribution >= 4 is 29.1 Å². The quantitative estimate of drug-likeness (QED) is 0.891. The zero-order valence-electron chi connectivity index (χ0n) is 10.1. The molecule has 0 bridgehead atoms. The lowest BCUT2D eigenvalue weighted by Crippen LogP contribution is -2.23. The van der Waals surface area contributed by atoms with Crippen molar-refractivity contribution in [2.24, 2.45) is 0 Å². The second-order valence-corrected chi connectivity index (χ2v) is 4.93. The Kier molecular flexibility index (Phi) is 4.82. The van der Waals surface area contributed by atoms with Gasteiger partial charge < -0.3 is 10.3 Å². The van der Waals surface area contributed by atoms with Gasteiger partial charge >= 0.3 is 0 Å². The Morgan fingerprint density at radius 3 is 2.89 bits per heavy atom. The fraction of sp³-hybridized carbons (Fsp3) is 0.231. The summed E-state index contributed by atoms with van der Waals surface area (Å²) in [6.45, 7) is 0.452. The predicted octanol–water partition coefficient (Wildman–Crippen LogP) is 2.97. The van der Waals surface area contributed by atoms with E-state index in [0.717, 1.165) is 11.3 Å². The number of hydrogen-bond acceptors (Lipinski definition) is 2. The Morgan fingerprint density at radius 1 is 1.37 bits per heavy atom. The van der Waals surface area contributed by atoms with Gasteiger partial charge in [-0.3, -0.25) is 4.79 Å². The molecular weight excluding hydrogens is 285 g/mol. The molecular formula is C13H13Cl2N3O. The van der Waals surface area contributed by atoms with Gasteiger partial charge in [0.15, 0.2) is 0 Å². The van der Waals surface area contributed by atoms with E-state index in [4.69, 9.17) is 23.2 Å². The van der Waals surface area contributed by atoms with E-state index in [9.17, 15) is 4.79 Å². The van der Waals surface area contributed by atoms with E-state index in [1.807, 2.05) is 6.07 Å². The zero-order valence-corrected chi connectivity index (χ0v) is 11.6. The standard InChI is InChI=1S/C13H13Cl2N3O/c14-10-3-1-9(12(15)5-10)2-4-13(19)17-7-11-6-16-8-18-11/h1,3,5-6,8H,2,4,7H2,(H,16,18)(H,17,19). The average molecular weight is 298 g/mol. The van der Waals surface area contributed by atoms with E-state index in [1.165, 1.54) is 0 Å². The Labute approximate surface area is 121 Å². The molecule has 0 saturated heterocycles. The summed E-state index contributed by atoms with van der Waals surface area (Å²) in [6, 6.07) is 5.29. The van der Waals surface area contributed by atoms with Gasteiger partial charge in [-0.1, -0.05) is 29.3 Å². The van der Waals surface area contributed by atoms with Crippen molar-refractivity contribution < 1.29 is 4.79 Å². The van der Waals surface area contributed by atoms with Crippen LogP contribution in [0.25, 0.3) is 0 Å². The highest BCUT2D eigenvalue weighted by molar-refractivity contribution is 6.35. The number of hydrogen-bond donors (Lipinski definition) is 2. The first kappa shape index (κ1) is 13.9. The lowest BCUT2D eigenvalue weighted by molar-refractivity contribution is -0.121. The lowest BCUT2D eigenvalue weighted by Gasteiger charge is -2.06. The van der Waals surface area contributed by atoms with Crippen LogP contribution in [0.1, 0.15) is 17.7 Å². The van der Waals surface area contributed by atoms with Gasteiger partial charge in [-0.2, -0.15) is 0 Å². The number of nitrogens with zero attached hydrogens (tertiary/aromatic N) is 1. The Morgan fingerprint density at radius 2 is 2.21 bits per heavy atom. The molecule has 0 atom stereocenters. The number of aryl methyl sites for hydroxylation is 1. The molecule has 19 heavy (non-hydrogen) atoms. The molecule has 0 aliphatic heterocycles. The molecule has 100 valence electrons. The predicted molar refractivity (Wildman–Crippen MR) is 75.2 cm³/mol. The molecule has 0 radical (unpaired) electrons. The number of halogens is 2. The van der Waals surface area contributed by atoms with Crippen molar-refractivity contribution in [3.05, 3.63) is 52.0 Å². The minimum Gasteiger partial charge on any atom is -0.350 e. The number of rotatable bonds is 5. The second-order valence-electron chi connectivity index (χ2n) is 4.09. The van der Waals surface area contributed by atoms with Gasteiger partial charge in [-0.05, 0) is 24.1 Å². The average Bonchev–Trinajstić information content (AvgIpc) is 2.88. The number of carbonyl (C=O) groups is 1. The lowest BCUT2D eigenvalue weighted by atomic mass is 10.1. The highest BCUT2D eigenvalue weighted by Gasteiger charge is 2.06. The maximum Gasteiger partial charge on any atom is 0.220 e. The van der Waals surface area contributed by atoms with Crippen molar-refractivity contribution in [3.8, 4) is 0 Å². The first-order valence-corrected chi connectivity index (χ1v) is 6.58. The number of imidazole rings is 1. The van der Waals surface area contributed by atoms with Crippen LogP contribution in [0.5, 0.6) is 0 Å². The largest absolute Gasteiger partial charge is 0.350 e. The maximum atomic E-state index is 11.7. The fourth-order valence-electron chi connectivity index (χ4n) is 1.64. The molecule has 0 spiro atoms. The van der Waals surface area contributed by atoms with Crippen LogP contribution in [0.2, 0.25) is 10.0 Å². The van der Waals surface area contributed by atoms with Crippen molar-refractivity contribution in [1.29, 1.82) is 0 Å². The van der Waals surface area contributed by atoms with Gasteiger partial charge in [-0.25, -0.2) is 4.98 Å². The third kappa shape index (κ3) is 4.26. The van der Waals surface area contributed by atoms with Gasteiger partial charge in [0.05, 0.1) is 18.6 Å². The smallest absolute Gasteiger partial charge is 0.220 e. The molecule has 0 fully saturated rings. The summed E-state index contributed by atoms with van der Waals surface area (Å²) in [7, 11) is 0. The maximum absolute atomic E-state index is 11.7. The molecule has 0 saturated carbocycles. The summed E-state index contributed by atoms with van der Waals surface area (Å²) in [4.78, 5) is 18.5. The topological polar surface area (TPSA) is 57.8 Å². The van der Waals surface area contributed by atoms with E-state index >= 15 is 0 Å². The van der Waals surface area contributed by atoms with Crippen molar-refractivity contribution in [3.63, 3.8) is 0 Å². The van der Waals surface area contributed by atoms with Crippen LogP contribution < -0.4 is 5.32 Å². The first-order chi connectivity index (χ1) is 9.15. The van der Waals surface area contributed by atoms with Crippen LogP contribution in [0, 0.1) is 0 Å². The molecule has 6 heteroatoms. The van der Waals surface area contributed by atoms with Crippen LogP contribution >= 0.6 is 23.2 Å². The molecule has 2 N–H and O–H groups in total. The van der Waals surface area contributed by atoms with Gasteiger partial charge in [0, 0.05) is 22.7 Å². The van der Waals surface area contributed by atoms with E-state index in [1.54, 1.807) is 24.7 Å². The highest BCUT2D eigenvalue weighted by Crippen LogP contribution is 2.21. The van der Waals surface area contributed by atoms with Gasteiger partial charge in [0.1, 0.15) is 0 Å². The van der Waals surface area contributed by atoms with E-state index in [-0.39, 0.29) is 5.91 Å². The van der Waals surface area contributed by atoms with Crippen LogP contribution in [0.4, 0.5) is 0 Å². The van der Waals surface area contributed by atoms with Gasteiger partial charge in [0.25, 0.3) is 0 Å². The molecule has 1 amide bonds. The van der Waals surface area contributed by atoms with Gasteiger partial charge in [-0.15, -0.1) is 0 Å². The third-order valence-corrected chi connectivity index (χ3v) is 3.25. The van der Waals surface area contributed by atoms with Crippen molar-refractivity contribution in [2.75, 3.05) is 0 Å². The fourth-order valence-corrected chi connectivity index (χ4v) is 2.14. The minimum absolute atomic E-state index is 0.0272. The normalized spacial score (nSPS) is 10.4. The first-order valence-electron chi connectivity index (χ1n) is 5.83.